The van der Waals surface area contributed by atoms with Crippen LogP contribution < -0.4 is 11.1 Å². The van der Waals surface area contributed by atoms with Gasteiger partial charge >= 0.3 is 0 Å². The number of nitrogens with one attached hydrogen (secondary N) is 1. The Bertz CT molecular complexity index is 431. The van der Waals surface area contributed by atoms with Crippen molar-refractivity contribution >= 4 is 23.2 Å². The van der Waals surface area contributed by atoms with E-state index in [-0.39, 0.29) is 10.9 Å². The number of aliphatic hydroxyl groups is 1. The van der Waals surface area contributed by atoms with Crippen molar-refractivity contribution in [1.82, 2.24) is 5.32 Å². The summed E-state index contributed by atoms with van der Waals surface area (Å²) in [5.74, 6) is -0.354. The molecule has 0 aliphatic rings. The predicted molar refractivity (Wildman–Crippen MR) is 69.1 cm³/mol. The standard InChI is InChI=1S/C12H17ClN2O2/c1-7(16)12(2,3)15-11(17)8-5-4-6-9(14)10(8)13/h4-7,16H,14H2,1-3H3,(H,15,17). The molecule has 0 aromatic heterocycles. The molecule has 5 heteroatoms. The van der Waals surface area contributed by atoms with Gasteiger partial charge in [0.25, 0.3) is 5.91 Å². The number of aliphatic hydroxyl groups excluding tert-OH is 1. The quantitative estimate of drug-likeness (QED) is 0.722. The van der Waals surface area contributed by atoms with E-state index >= 15 is 0 Å². The van der Waals surface area contributed by atoms with Gasteiger partial charge in [-0.05, 0) is 32.9 Å². The number of nitrogen functional groups attached to an aromatic ring is 1. The zero-order valence-electron chi connectivity index (χ0n) is 10.1. The number of carbonyl (C=O) groups excluding carboxylic acids is 1. The Hall–Kier alpha value is -1.26. The summed E-state index contributed by atoms with van der Waals surface area (Å²) in [7, 11) is 0. The highest BCUT2D eigenvalue weighted by Gasteiger charge is 2.27. The van der Waals surface area contributed by atoms with Crippen molar-refractivity contribution in [2.45, 2.75) is 32.4 Å². The fourth-order valence-electron chi connectivity index (χ4n) is 1.19. The summed E-state index contributed by atoms with van der Waals surface area (Å²) in [6.45, 7) is 5.08. The van der Waals surface area contributed by atoms with Crippen molar-refractivity contribution in [3.63, 3.8) is 0 Å². The number of amides is 1. The maximum atomic E-state index is 12.0. The number of carbonyl (C=O) groups is 1. The molecule has 0 saturated heterocycles. The lowest BCUT2D eigenvalue weighted by Gasteiger charge is -2.29. The first-order chi connectivity index (χ1) is 7.75. The molecule has 17 heavy (non-hydrogen) atoms. The maximum Gasteiger partial charge on any atom is 0.253 e. The summed E-state index contributed by atoms with van der Waals surface area (Å²) in [6, 6.07) is 4.87. The molecule has 4 nitrogen and oxygen atoms in total. The zero-order chi connectivity index (χ0) is 13.2. The SMILES string of the molecule is CC(O)C(C)(C)NC(=O)c1cccc(N)c1Cl. The van der Waals surface area contributed by atoms with Crippen LogP contribution in [0.1, 0.15) is 31.1 Å². The number of nitrogens with two attached hydrogens (primary N) is 1. The molecule has 94 valence electrons. The van der Waals surface area contributed by atoms with Crippen molar-refractivity contribution < 1.29 is 9.90 Å². The van der Waals surface area contributed by atoms with E-state index in [0.29, 0.717) is 11.3 Å². The average Bonchev–Trinajstić information content (AvgIpc) is 2.21. The second-order valence-electron chi connectivity index (χ2n) is 4.56. The van der Waals surface area contributed by atoms with Gasteiger partial charge in [0.05, 0.1) is 27.9 Å². The Labute approximate surface area is 106 Å². The number of hydrogen-bond acceptors (Lipinski definition) is 3. The van der Waals surface area contributed by atoms with Crippen LogP contribution in [0.25, 0.3) is 0 Å². The van der Waals surface area contributed by atoms with Crippen LogP contribution in [0.4, 0.5) is 5.69 Å². The molecule has 1 atom stereocenters. The van der Waals surface area contributed by atoms with Gasteiger partial charge in [-0.1, -0.05) is 17.7 Å². The van der Waals surface area contributed by atoms with Crippen LogP contribution >= 0.6 is 11.6 Å². The van der Waals surface area contributed by atoms with Crippen molar-refractivity contribution in [2.75, 3.05) is 5.73 Å². The molecule has 1 unspecified atom stereocenters. The minimum atomic E-state index is -0.731. The van der Waals surface area contributed by atoms with Crippen molar-refractivity contribution in [2.24, 2.45) is 0 Å². The van der Waals surface area contributed by atoms with E-state index in [1.54, 1.807) is 39.0 Å². The highest BCUT2D eigenvalue weighted by Crippen LogP contribution is 2.23. The molecule has 0 fully saturated rings. The molecule has 0 saturated carbocycles. The van der Waals surface area contributed by atoms with Crippen molar-refractivity contribution in [1.29, 1.82) is 0 Å². The molecule has 0 spiro atoms. The number of anilines is 1. The van der Waals surface area contributed by atoms with Crippen LogP contribution in [-0.4, -0.2) is 22.7 Å². The largest absolute Gasteiger partial charge is 0.398 e. The van der Waals surface area contributed by atoms with Crippen molar-refractivity contribution in [3.05, 3.63) is 28.8 Å². The van der Waals surface area contributed by atoms with Gasteiger partial charge in [0.1, 0.15) is 0 Å². The predicted octanol–water partition coefficient (Wildman–Crippen LogP) is 1.81. The lowest BCUT2D eigenvalue weighted by atomic mass is 9.98. The van der Waals surface area contributed by atoms with Gasteiger partial charge in [-0.15, -0.1) is 0 Å². The Morgan fingerprint density at radius 3 is 2.65 bits per heavy atom. The molecule has 0 aliphatic heterocycles. The van der Waals surface area contributed by atoms with E-state index in [0.717, 1.165) is 0 Å². The van der Waals surface area contributed by atoms with Gasteiger partial charge < -0.3 is 16.2 Å². The third-order valence-corrected chi connectivity index (χ3v) is 3.18. The Kier molecular flexibility index (Phi) is 4.01. The van der Waals surface area contributed by atoms with Crippen molar-refractivity contribution in [3.8, 4) is 0 Å². The monoisotopic (exact) mass is 256 g/mol. The lowest BCUT2D eigenvalue weighted by molar-refractivity contribution is 0.0709. The van der Waals surface area contributed by atoms with Crippen LogP contribution in [0.3, 0.4) is 0 Å². The van der Waals surface area contributed by atoms with Crippen LogP contribution in [-0.2, 0) is 0 Å². The molecular weight excluding hydrogens is 240 g/mol. The zero-order valence-corrected chi connectivity index (χ0v) is 10.9. The third-order valence-electron chi connectivity index (χ3n) is 2.75. The molecule has 0 heterocycles. The van der Waals surface area contributed by atoms with E-state index in [1.807, 2.05) is 0 Å². The molecular formula is C12H17ClN2O2. The number of rotatable bonds is 3. The van der Waals surface area contributed by atoms with E-state index < -0.39 is 11.6 Å². The first kappa shape index (κ1) is 13.8. The van der Waals surface area contributed by atoms with Gasteiger partial charge in [-0.3, -0.25) is 4.79 Å². The number of halogens is 1. The topological polar surface area (TPSA) is 75.3 Å². The first-order valence-electron chi connectivity index (χ1n) is 5.30. The van der Waals surface area contributed by atoms with Crippen LogP contribution in [0, 0.1) is 0 Å². The lowest BCUT2D eigenvalue weighted by Crippen LogP contribution is -2.51. The normalized spacial score (nSPS) is 13.2. The summed E-state index contributed by atoms with van der Waals surface area (Å²) in [4.78, 5) is 12.0. The summed E-state index contributed by atoms with van der Waals surface area (Å²) in [5, 5.41) is 12.5. The Morgan fingerprint density at radius 1 is 1.53 bits per heavy atom. The molecule has 0 bridgehead atoms. The van der Waals surface area contributed by atoms with Gasteiger partial charge in [0.2, 0.25) is 0 Å². The van der Waals surface area contributed by atoms with Crippen LogP contribution in [0.15, 0.2) is 18.2 Å². The number of hydrogen-bond donors (Lipinski definition) is 3. The van der Waals surface area contributed by atoms with Crippen LogP contribution in [0.5, 0.6) is 0 Å². The van der Waals surface area contributed by atoms with Gasteiger partial charge in [-0.2, -0.15) is 0 Å². The van der Waals surface area contributed by atoms with Crippen LogP contribution in [0.2, 0.25) is 5.02 Å². The molecule has 1 amide bonds. The minimum absolute atomic E-state index is 0.228. The summed E-state index contributed by atoms with van der Waals surface area (Å²) >= 11 is 5.95. The fourth-order valence-corrected chi connectivity index (χ4v) is 1.40. The highest BCUT2D eigenvalue weighted by molar-refractivity contribution is 6.36. The maximum absolute atomic E-state index is 12.0. The Morgan fingerprint density at radius 2 is 2.12 bits per heavy atom. The van der Waals surface area contributed by atoms with E-state index in [9.17, 15) is 9.90 Å². The molecule has 1 aromatic rings. The van der Waals surface area contributed by atoms with Gasteiger partial charge in [-0.25, -0.2) is 0 Å². The minimum Gasteiger partial charge on any atom is -0.398 e. The summed E-state index contributed by atoms with van der Waals surface area (Å²) < 4.78 is 0. The second-order valence-corrected chi connectivity index (χ2v) is 4.94. The second kappa shape index (κ2) is 4.94. The van der Waals surface area contributed by atoms with Gasteiger partial charge in [0.15, 0.2) is 0 Å². The molecule has 4 N–H and O–H groups in total. The highest BCUT2D eigenvalue weighted by atomic mass is 35.5. The van der Waals surface area contributed by atoms with E-state index in [2.05, 4.69) is 5.32 Å². The smallest absolute Gasteiger partial charge is 0.253 e. The third kappa shape index (κ3) is 3.11. The first-order valence-corrected chi connectivity index (χ1v) is 5.68. The van der Waals surface area contributed by atoms with Gasteiger partial charge in [0, 0.05) is 0 Å². The summed E-state index contributed by atoms with van der Waals surface area (Å²) in [5.41, 5.74) is 5.55. The summed E-state index contributed by atoms with van der Waals surface area (Å²) in [6.07, 6.45) is -0.675. The average molecular weight is 257 g/mol. The molecule has 1 rings (SSSR count). The van der Waals surface area contributed by atoms with E-state index in [1.165, 1.54) is 0 Å². The number of benzene rings is 1. The Balaban J connectivity index is 2.95. The fraction of sp³-hybridized carbons (Fsp3) is 0.417. The molecule has 0 radical (unpaired) electrons. The molecule has 1 aromatic carbocycles. The molecule has 0 aliphatic carbocycles. The van der Waals surface area contributed by atoms with E-state index in [4.69, 9.17) is 17.3 Å².